The van der Waals surface area contributed by atoms with Crippen LogP contribution in [0.2, 0.25) is 0 Å². The van der Waals surface area contributed by atoms with Gasteiger partial charge in [-0.05, 0) is 18.2 Å². The van der Waals surface area contributed by atoms with Gasteiger partial charge in [0.25, 0.3) is 11.6 Å². The van der Waals surface area contributed by atoms with Crippen LogP contribution in [0.25, 0.3) is 0 Å². The molecule has 1 fully saturated rings. The Morgan fingerprint density at radius 3 is 2.50 bits per heavy atom. The molecule has 0 N–H and O–H groups in total. The maximum absolute atomic E-state index is 12.8. The van der Waals surface area contributed by atoms with Crippen LogP contribution in [0.5, 0.6) is 17.4 Å². The highest BCUT2D eigenvalue weighted by atomic mass is 16.6. The molecule has 0 radical (unpaired) electrons. The van der Waals surface area contributed by atoms with Crippen molar-refractivity contribution in [3.05, 3.63) is 76.6 Å². The van der Waals surface area contributed by atoms with Crippen LogP contribution in [0.15, 0.2) is 60.9 Å². The van der Waals surface area contributed by atoms with Crippen LogP contribution < -0.4 is 14.4 Å². The number of rotatable bonds is 6. The lowest BCUT2D eigenvalue weighted by atomic mass is 10.1. The van der Waals surface area contributed by atoms with E-state index < -0.39 is 4.92 Å². The second kappa shape index (κ2) is 9.29. The third-order valence-electron chi connectivity index (χ3n) is 5.09. The van der Waals surface area contributed by atoms with Gasteiger partial charge in [-0.1, -0.05) is 12.1 Å². The molecular formula is C22H21N5O5. The van der Waals surface area contributed by atoms with E-state index >= 15 is 0 Å². The van der Waals surface area contributed by atoms with Crippen LogP contribution in [0.3, 0.4) is 0 Å². The summed E-state index contributed by atoms with van der Waals surface area (Å²) in [5.74, 6) is 2.15. The van der Waals surface area contributed by atoms with Gasteiger partial charge in [-0.3, -0.25) is 14.9 Å². The predicted molar refractivity (Wildman–Crippen MR) is 116 cm³/mol. The smallest absolute Gasteiger partial charge is 0.270 e. The molecule has 10 nitrogen and oxygen atoms in total. The lowest BCUT2D eigenvalue weighted by Gasteiger charge is -2.35. The van der Waals surface area contributed by atoms with E-state index in [2.05, 4.69) is 9.97 Å². The van der Waals surface area contributed by atoms with E-state index in [1.807, 2.05) is 23.1 Å². The topological polar surface area (TPSA) is 111 Å². The average Bonchev–Trinajstić information content (AvgIpc) is 2.84. The monoisotopic (exact) mass is 435 g/mol. The highest BCUT2D eigenvalue weighted by Crippen LogP contribution is 2.26. The number of hydrogen-bond acceptors (Lipinski definition) is 8. The fraction of sp³-hybridized carbons (Fsp3) is 0.227. The van der Waals surface area contributed by atoms with Crippen molar-refractivity contribution < 1.29 is 19.2 Å². The van der Waals surface area contributed by atoms with Gasteiger partial charge in [0.2, 0.25) is 5.88 Å². The standard InChI is InChI=1S/C22H21N5O5/c1-31-18-6-3-7-19(13-18)32-21-14-20(23-15-24-21)25-8-10-26(11-9-25)22(28)16-4-2-5-17(12-16)27(29)30/h2-7,12-15H,8-11H2,1H3. The Labute approximate surface area is 184 Å². The minimum atomic E-state index is -0.505. The molecule has 0 saturated carbocycles. The number of methoxy groups -OCH3 is 1. The maximum atomic E-state index is 12.8. The maximum Gasteiger partial charge on any atom is 0.270 e. The molecule has 0 bridgehead atoms. The van der Waals surface area contributed by atoms with Crippen molar-refractivity contribution in [3.63, 3.8) is 0 Å². The number of nitrogens with zero attached hydrogens (tertiary/aromatic N) is 5. The molecule has 1 aliphatic rings. The number of amides is 1. The number of carbonyl (C=O) groups excluding carboxylic acids is 1. The van der Waals surface area contributed by atoms with E-state index in [4.69, 9.17) is 9.47 Å². The molecule has 164 valence electrons. The Morgan fingerprint density at radius 2 is 1.75 bits per heavy atom. The van der Waals surface area contributed by atoms with Crippen LogP contribution in [-0.4, -0.2) is 59.0 Å². The second-order valence-corrected chi connectivity index (χ2v) is 7.08. The van der Waals surface area contributed by atoms with E-state index in [1.165, 1.54) is 24.5 Å². The van der Waals surface area contributed by atoms with Gasteiger partial charge in [0.05, 0.1) is 12.0 Å². The quantitative estimate of drug-likeness (QED) is 0.429. The normalized spacial score (nSPS) is 13.5. The van der Waals surface area contributed by atoms with E-state index in [1.54, 1.807) is 30.2 Å². The van der Waals surface area contributed by atoms with Gasteiger partial charge in [0.15, 0.2) is 0 Å². The summed E-state index contributed by atoms with van der Waals surface area (Å²) in [6.45, 7) is 2.07. The summed E-state index contributed by atoms with van der Waals surface area (Å²) >= 11 is 0. The van der Waals surface area contributed by atoms with E-state index in [0.29, 0.717) is 54.9 Å². The molecule has 1 aliphatic heterocycles. The number of carbonyl (C=O) groups is 1. The Kier molecular flexibility index (Phi) is 6.11. The van der Waals surface area contributed by atoms with Crippen LogP contribution in [0.4, 0.5) is 11.5 Å². The van der Waals surface area contributed by atoms with E-state index in [0.717, 1.165) is 0 Å². The molecule has 2 heterocycles. The fourth-order valence-electron chi connectivity index (χ4n) is 3.42. The predicted octanol–water partition coefficient (Wildman–Crippen LogP) is 3.15. The molecule has 0 atom stereocenters. The first-order chi connectivity index (χ1) is 15.5. The number of piperazine rings is 1. The molecular weight excluding hydrogens is 414 g/mol. The zero-order valence-corrected chi connectivity index (χ0v) is 17.4. The Balaban J connectivity index is 1.40. The molecule has 10 heteroatoms. The number of nitro benzene ring substituents is 1. The van der Waals surface area contributed by atoms with Crippen molar-refractivity contribution in [1.82, 2.24) is 14.9 Å². The number of benzene rings is 2. The number of ether oxygens (including phenoxy) is 2. The van der Waals surface area contributed by atoms with Crippen LogP contribution in [0, 0.1) is 10.1 Å². The van der Waals surface area contributed by atoms with Crippen LogP contribution >= 0.6 is 0 Å². The van der Waals surface area contributed by atoms with Crippen LogP contribution in [0.1, 0.15) is 10.4 Å². The Bertz CT molecular complexity index is 1130. The number of hydrogen-bond donors (Lipinski definition) is 0. The summed E-state index contributed by atoms with van der Waals surface area (Å²) in [4.78, 5) is 35.4. The van der Waals surface area contributed by atoms with Gasteiger partial charge in [0.1, 0.15) is 23.6 Å². The average molecular weight is 435 g/mol. The SMILES string of the molecule is COc1cccc(Oc2cc(N3CCN(C(=O)c4cccc([N+](=O)[O-])c4)CC3)ncn2)c1. The summed E-state index contributed by atoms with van der Waals surface area (Å²) < 4.78 is 11.0. The van der Waals surface area contributed by atoms with Crippen LogP contribution in [-0.2, 0) is 0 Å². The zero-order valence-electron chi connectivity index (χ0n) is 17.4. The number of aromatic nitrogens is 2. The van der Waals surface area contributed by atoms with Crippen molar-refractivity contribution in [2.75, 3.05) is 38.2 Å². The minimum absolute atomic E-state index is 0.0981. The Morgan fingerprint density at radius 1 is 1.00 bits per heavy atom. The first kappa shape index (κ1) is 21.0. The van der Waals surface area contributed by atoms with Gasteiger partial charge in [-0.15, -0.1) is 0 Å². The van der Waals surface area contributed by atoms with Crippen molar-refractivity contribution in [2.24, 2.45) is 0 Å². The van der Waals surface area contributed by atoms with Crippen molar-refractivity contribution >= 4 is 17.4 Å². The fourth-order valence-corrected chi connectivity index (χ4v) is 3.42. The molecule has 1 saturated heterocycles. The number of non-ortho nitro benzene ring substituents is 1. The summed E-state index contributed by atoms with van der Waals surface area (Å²) in [6, 6.07) is 14.8. The lowest BCUT2D eigenvalue weighted by molar-refractivity contribution is -0.384. The molecule has 32 heavy (non-hydrogen) atoms. The molecule has 1 aromatic heterocycles. The number of anilines is 1. The zero-order chi connectivity index (χ0) is 22.5. The Hall–Kier alpha value is -4.21. The molecule has 0 spiro atoms. The minimum Gasteiger partial charge on any atom is -0.497 e. The van der Waals surface area contributed by atoms with Gasteiger partial charge in [0, 0.05) is 56.0 Å². The van der Waals surface area contributed by atoms with E-state index in [-0.39, 0.29) is 11.6 Å². The third-order valence-corrected chi connectivity index (χ3v) is 5.09. The summed E-state index contributed by atoms with van der Waals surface area (Å²) in [5, 5.41) is 11.0. The van der Waals surface area contributed by atoms with Gasteiger partial charge in [-0.2, -0.15) is 0 Å². The largest absolute Gasteiger partial charge is 0.497 e. The van der Waals surface area contributed by atoms with Gasteiger partial charge >= 0.3 is 0 Å². The molecule has 0 unspecified atom stereocenters. The van der Waals surface area contributed by atoms with Crippen molar-refractivity contribution in [2.45, 2.75) is 0 Å². The second-order valence-electron chi connectivity index (χ2n) is 7.08. The first-order valence-electron chi connectivity index (χ1n) is 9.96. The highest BCUT2D eigenvalue weighted by Gasteiger charge is 2.24. The molecule has 4 rings (SSSR count). The highest BCUT2D eigenvalue weighted by molar-refractivity contribution is 5.95. The van der Waals surface area contributed by atoms with E-state index in [9.17, 15) is 14.9 Å². The van der Waals surface area contributed by atoms with Gasteiger partial charge in [-0.25, -0.2) is 9.97 Å². The van der Waals surface area contributed by atoms with Crippen molar-refractivity contribution in [3.8, 4) is 17.4 Å². The van der Waals surface area contributed by atoms with Crippen molar-refractivity contribution in [1.29, 1.82) is 0 Å². The summed E-state index contributed by atoms with van der Waals surface area (Å²) in [6.07, 6.45) is 1.44. The third kappa shape index (κ3) is 4.75. The number of nitro groups is 1. The molecule has 1 amide bonds. The molecule has 3 aromatic rings. The summed E-state index contributed by atoms with van der Waals surface area (Å²) in [5.41, 5.74) is 0.211. The lowest BCUT2D eigenvalue weighted by Crippen LogP contribution is -2.49. The summed E-state index contributed by atoms with van der Waals surface area (Å²) in [7, 11) is 1.59. The molecule has 2 aromatic carbocycles. The molecule has 0 aliphatic carbocycles. The van der Waals surface area contributed by atoms with Gasteiger partial charge < -0.3 is 19.3 Å². The first-order valence-corrected chi connectivity index (χ1v) is 9.96.